The Morgan fingerprint density at radius 2 is 1.85 bits per heavy atom. The number of benzene rings is 2. The minimum Gasteiger partial charge on any atom is -0.481 e. The highest BCUT2D eigenvalue weighted by atomic mass is 16.6. The Bertz CT molecular complexity index is 881. The molecule has 0 aliphatic heterocycles. The predicted molar refractivity (Wildman–Crippen MR) is 104 cm³/mol. The fourth-order valence-electron chi connectivity index (χ4n) is 3.17. The highest BCUT2D eigenvalue weighted by molar-refractivity contribution is 5.88. The number of hydrogen-bond donors (Lipinski definition) is 0. The van der Waals surface area contributed by atoms with Gasteiger partial charge in [-0.05, 0) is 36.1 Å². The standard InChI is InChI=1S/C22H25NO3/c1-16(2)12-18-13-19-20(23(18)14-17-8-5-4-6-9-17)10-7-11-21(19)26-15-22(24)25-3/h4-11,13,16H,12,14-15H2,1-3H3. The van der Waals surface area contributed by atoms with Crippen LogP contribution in [0.2, 0.25) is 0 Å². The lowest BCUT2D eigenvalue weighted by atomic mass is 10.1. The molecule has 0 fully saturated rings. The van der Waals surface area contributed by atoms with Gasteiger partial charge in [0.05, 0.1) is 12.6 Å². The maximum atomic E-state index is 11.4. The maximum absolute atomic E-state index is 11.4. The number of aromatic nitrogens is 1. The average Bonchev–Trinajstić information content (AvgIpc) is 2.97. The number of fused-ring (bicyclic) bond motifs is 1. The Morgan fingerprint density at radius 3 is 2.54 bits per heavy atom. The number of hydrogen-bond acceptors (Lipinski definition) is 3. The van der Waals surface area contributed by atoms with Crippen LogP contribution in [-0.4, -0.2) is 24.3 Å². The van der Waals surface area contributed by atoms with Crippen molar-refractivity contribution in [3.05, 3.63) is 65.9 Å². The minimum absolute atomic E-state index is 0.0843. The Labute approximate surface area is 154 Å². The normalized spacial score (nSPS) is 11.1. The van der Waals surface area contributed by atoms with Crippen LogP contribution in [0.3, 0.4) is 0 Å². The first-order valence-corrected chi connectivity index (χ1v) is 8.93. The maximum Gasteiger partial charge on any atom is 0.343 e. The third-order valence-corrected chi connectivity index (χ3v) is 4.37. The van der Waals surface area contributed by atoms with Crippen molar-refractivity contribution in [2.75, 3.05) is 13.7 Å². The molecule has 0 spiro atoms. The highest BCUT2D eigenvalue weighted by Crippen LogP contribution is 2.31. The molecule has 1 heterocycles. The number of esters is 1. The molecule has 0 aliphatic carbocycles. The Hall–Kier alpha value is -2.75. The number of ether oxygens (including phenoxy) is 2. The summed E-state index contributed by atoms with van der Waals surface area (Å²) < 4.78 is 12.7. The van der Waals surface area contributed by atoms with Crippen molar-refractivity contribution in [3.8, 4) is 5.75 Å². The summed E-state index contributed by atoms with van der Waals surface area (Å²) in [7, 11) is 1.36. The fraction of sp³-hybridized carbons (Fsp3) is 0.318. The third kappa shape index (κ3) is 4.07. The Morgan fingerprint density at radius 1 is 1.08 bits per heavy atom. The van der Waals surface area contributed by atoms with E-state index in [1.807, 2.05) is 18.2 Å². The van der Waals surface area contributed by atoms with Crippen LogP contribution >= 0.6 is 0 Å². The molecule has 3 aromatic rings. The molecule has 2 aromatic carbocycles. The van der Waals surface area contributed by atoms with Crippen molar-refractivity contribution in [2.24, 2.45) is 5.92 Å². The molecule has 0 unspecified atom stereocenters. The second-order valence-electron chi connectivity index (χ2n) is 6.86. The zero-order valence-electron chi connectivity index (χ0n) is 15.6. The monoisotopic (exact) mass is 351 g/mol. The third-order valence-electron chi connectivity index (χ3n) is 4.37. The van der Waals surface area contributed by atoms with Crippen LogP contribution in [0, 0.1) is 5.92 Å². The van der Waals surface area contributed by atoms with Gasteiger partial charge in [0.1, 0.15) is 5.75 Å². The molecule has 136 valence electrons. The molecule has 4 nitrogen and oxygen atoms in total. The summed E-state index contributed by atoms with van der Waals surface area (Å²) >= 11 is 0. The van der Waals surface area contributed by atoms with Crippen LogP contribution in [0.25, 0.3) is 10.9 Å². The summed E-state index contributed by atoms with van der Waals surface area (Å²) in [4.78, 5) is 11.4. The van der Waals surface area contributed by atoms with Gasteiger partial charge in [0.15, 0.2) is 6.61 Å². The van der Waals surface area contributed by atoms with E-state index in [9.17, 15) is 4.79 Å². The molecular weight excluding hydrogens is 326 g/mol. The summed E-state index contributed by atoms with van der Waals surface area (Å²) in [5, 5.41) is 1.03. The number of nitrogens with zero attached hydrogens (tertiary/aromatic N) is 1. The van der Waals surface area contributed by atoms with E-state index in [4.69, 9.17) is 4.74 Å². The molecule has 0 saturated carbocycles. The summed E-state index contributed by atoms with van der Waals surface area (Å²) in [6, 6.07) is 18.6. The van der Waals surface area contributed by atoms with Gasteiger partial charge in [-0.25, -0.2) is 4.79 Å². The number of carbonyl (C=O) groups excluding carboxylic acids is 1. The molecule has 0 amide bonds. The number of carbonyl (C=O) groups is 1. The lowest BCUT2D eigenvalue weighted by Gasteiger charge is -2.13. The summed E-state index contributed by atoms with van der Waals surface area (Å²) in [5.41, 5.74) is 3.65. The van der Waals surface area contributed by atoms with E-state index >= 15 is 0 Å². The number of rotatable bonds is 7. The average molecular weight is 351 g/mol. The molecule has 0 bridgehead atoms. The quantitative estimate of drug-likeness (QED) is 0.591. The predicted octanol–water partition coefficient (Wildman–Crippen LogP) is 4.44. The molecule has 0 radical (unpaired) electrons. The Balaban J connectivity index is 2.01. The van der Waals surface area contributed by atoms with Crippen LogP contribution < -0.4 is 4.74 Å². The fourth-order valence-corrected chi connectivity index (χ4v) is 3.17. The molecule has 1 aromatic heterocycles. The van der Waals surface area contributed by atoms with Crippen LogP contribution in [0.4, 0.5) is 0 Å². The summed E-state index contributed by atoms with van der Waals surface area (Å²) in [6.07, 6.45) is 0.984. The van der Waals surface area contributed by atoms with Crippen LogP contribution in [0.5, 0.6) is 5.75 Å². The minimum atomic E-state index is -0.381. The molecule has 0 aliphatic rings. The van der Waals surface area contributed by atoms with Gasteiger partial charge in [-0.15, -0.1) is 0 Å². The van der Waals surface area contributed by atoms with Crippen molar-refractivity contribution in [3.63, 3.8) is 0 Å². The first kappa shape index (κ1) is 18.1. The van der Waals surface area contributed by atoms with E-state index in [1.165, 1.54) is 18.4 Å². The van der Waals surface area contributed by atoms with Crippen LogP contribution in [-0.2, 0) is 22.5 Å². The summed E-state index contributed by atoms with van der Waals surface area (Å²) in [6.45, 7) is 5.17. The van der Waals surface area contributed by atoms with E-state index in [0.29, 0.717) is 11.7 Å². The van der Waals surface area contributed by atoms with Gasteiger partial charge in [0.2, 0.25) is 0 Å². The second kappa shape index (κ2) is 8.09. The lowest BCUT2D eigenvalue weighted by molar-refractivity contribution is -0.142. The van der Waals surface area contributed by atoms with Crippen molar-refractivity contribution in [2.45, 2.75) is 26.8 Å². The molecule has 0 atom stereocenters. The zero-order chi connectivity index (χ0) is 18.5. The van der Waals surface area contributed by atoms with Crippen molar-refractivity contribution < 1.29 is 14.3 Å². The molecular formula is C22H25NO3. The second-order valence-corrected chi connectivity index (χ2v) is 6.86. The molecule has 0 saturated heterocycles. The first-order valence-electron chi connectivity index (χ1n) is 8.93. The van der Waals surface area contributed by atoms with E-state index in [0.717, 1.165) is 23.9 Å². The molecule has 4 heteroatoms. The highest BCUT2D eigenvalue weighted by Gasteiger charge is 2.14. The van der Waals surface area contributed by atoms with Gasteiger partial charge < -0.3 is 14.0 Å². The smallest absolute Gasteiger partial charge is 0.343 e. The van der Waals surface area contributed by atoms with Gasteiger partial charge in [0.25, 0.3) is 0 Å². The van der Waals surface area contributed by atoms with Crippen LogP contribution in [0.1, 0.15) is 25.1 Å². The van der Waals surface area contributed by atoms with Gasteiger partial charge in [0, 0.05) is 17.6 Å². The van der Waals surface area contributed by atoms with E-state index in [1.54, 1.807) is 0 Å². The topological polar surface area (TPSA) is 40.5 Å². The number of methoxy groups -OCH3 is 1. The first-order chi connectivity index (χ1) is 12.6. The summed E-state index contributed by atoms with van der Waals surface area (Å²) in [5.74, 6) is 0.881. The zero-order valence-corrected chi connectivity index (χ0v) is 15.6. The lowest BCUT2D eigenvalue weighted by Crippen LogP contribution is -2.12. The van der Waals surface area contributed by atoms with E-state index in [2.05, 4.69) is 59.5 Å². The van der Waals surface area contributed by atoms with Crippen LogP contribution in [0.15, 0.2) is 54.6 Å². The van der Waals surface area contributed by atoms with Gasteiger partial charge in [-0.1, -0.05) is 50.2 Å². The van der Waals surface area contributed by atoms with E-state index < -0.39 is 0 Å². The van der Waals surface area contributed by atoms with Crippen molar-refractivity contribution in [1.82, 2.24) is 4.57 Å². The molecule has 0 N–H and O–H groups in total. The van der Waals surface area contributed by atoms with Crippen molar-refractivity contribution in [1.29, 1.82) is 0 Å². The Kier molecular flexibility index (Phi) is 5.61. The van der Waals surface area contributed by atoms with Gasteiger partial charge >= 0.3 is 5.97 Å². The largest absolute Gasteiger partial charge is 0.481 e. The molecule has 26 heavy (non-hydrogen) atoms. The molecule has 3 rings (SSSR count). The van der Waals surface area contributed by atoms with Gasteiger partial charge in [-0.2, -0.15) is 0 Å². The van der Waals surface area contributed by atoms with E-state index in [-0.39, 0.29) is 12.6 Å². The SMILES string of the molecule is COC(=O)COc1cccc2c1cc(CC(C)C)n2Cc1ccccc1. The van der Waals surface area contributed by atoms with Gasteiger partial charge in [-0.3, -0.25) is 0 Å². The van der Waals surface area contributed by atoms with Crippen molar-refractivity contribution >= 4 is 16.9 Å².